The number of rotatable bonds is 4. The van der Waals surface area contributed by atoms with Gasteiger partial charge in [0.25, 0.3) is 0 Å². The third kappa shape index (κ3) is 2.42. The molecule has 3 rings (SSSR count). The Hall–Kier alpha value is -2.90. The molecule has 0 atom stereocenters. The van der Waals surface area contributed by atoms with Crippen LogP contribution in [0.4, 0.5) is 0 Å². The van der Waals surface area contributed by atoms with Crippen LogP contribution >= 0.6 is 0 Å². The van der Waals surface area contributed by atoms with Crippen molar-refractivity contribution in [1.82, 2.24) is 24.8 Å². The zero-order chi connectivity index (χ0) is 14.8. The molecule has 3 heterocycles. The second-order valence-electron chi connectivity index (χ2n) is 4.42. The molecule has 0 amide bonds. The van der Waals surface area contributed by atoms with Crippen molar-refractivity contribution in [2.75, 3.05) is 7.11 Å². The molecule has 0 bridgehead atoms. The van der Waals surface area contributed by atoms with Crippen LogP contribution in [0.5, 0.6) is 0 Å². The van der Waals surface area contributed by atoms with Crippen LogP contribution in [0.2, 0.25) is 0 Å². The Labute approximate surface area is 119 Å². The Morgan fingerprint density at radius 2 is 2.33 bits per heavy atom. The van der Waals surface area contributed by atoms with E-state index in [0.717, 1.165) is 5.56 Å². The number of carbonyl (C=O) groups excluding carboxylic acids is 1. The molecule has 0 spiro atoms. The first-order chi connectivity index (χ1) is 10.2. The first-order valence-electron chi connectivity index (χ1n) is 6.22. The van der Waals surface area contributed by atoms with Gasteiger partial charge in [-0.3, -0.25) is 4.68 Å². The minimum atomic E-state index is -0.542. The summed E-state index contributed by atoms with van der Waals surface area (Å²) < 4.78 is 13.3. The topological polar surface area (TPSA) is 88.0 Å². The standard InChI is InChI=1S/C13H13N5O3/c1-17-7-9(6-14-17)12-11(13(19)20-2)15-16-18(12)8-10-4-3-5-21-10/h3-7H,8H2,1-2H3. The number of aromatic nitrogens is 5. The van der Waals surface area contributed by atoms with Crippen molar-refractivity contribution in [3.05, 3.63) is 42.2 Å². The number of esters is 1. The molecule has 8 nitrogen and oxygen atoms in total. The molecule has 21 heavy (non-hydrogen) atoms. The summed E-state index contributed by atoms with van der Waals surface area (Å²) in [5, 5.41) is 12.0. The summed E-state index contributed by atoms with van der Waals surface area (Å²) >= 11 is 0. The van der Waals surface area contributed by atoms with Crippen LogP contribution in [-0.2, 0) is 18.3 Å². The summed E-state index contributed by atoms with van der Waals surface area (Å²) in [4.78, 5) is 11.8. The highest BCUT2D eigenvalue weighted by atomic mass is 16.5. The monoisotopic (exact) mass is 287 g/mol. The van der Waals surface area contributed by atoms with Crippen LogP contribution in [-0.4, -0.2) is 37.9 Å². The predicted molar refractivity (Wildman–Crippen MR) is 71.4 cm³/mol. The summed E-state index contributed by atoms with van der Waals surface area (Å²) in [5.74, 6) is 0.168. The van der Waals surface area contributed by atoms with Crippen LogP contribution < -0.4 is 0 Å². The Bertz CT molecular complexity index is 757. The SMILES string of the molecule is COC(=O)c1nnn(Cc2ccco2)c1-c1cnn(C)c1. The summed E-state index contributed by atoms with van der Waals surface area (Å²) in [6, 6.07) is 3.61. The Balaban J connectivity index is 2.07. The van der Waals surface area contributed by atoms with E-state index in [0.29, 0.717) is 18.0 Å². The number of hydrogen-bond acceptors (Lipinski definition) is 6. The fraction of sp³-hybridized carbons (Fsp3) is 0.231. The molecule has 0 aromatic carbocycles. The van der Waals surface area contributed by atoms with Gasteiger partial charge in [-0.2, -0.15) is 5.10 Å². The summed E-state index contributed by atoms with van der Waals surface area (Å²) in [5.41, 5.74) is 1.43. The molecule has 0 saturated heterocycles. The number of methoxy groups -OCH3 is 1. The van der Waals surface area contributed by atoms with Crippen LogP contribution in [0.15, 0.2) is 35.2 Å². The molecule has 108 valence electrons. The molecule has 0 aliphatic heterocycles. The molecular formula is C13H13N5O3. The summed E-state index contributed by atoms with van der Waals surface area (Å²) in [7, 11) is 3.10. The fourth-order valence-electron chi connectivity index (χ4n) is 2.04. The van der Waals surface area contributed by atoms with E-state index in [4.69, 9.17) is 9.15 Å². The highest BCUT2D eigenvalue weighted by Crippen LogP contribution is 2.23. The molecule has 0 radical (unpaired) electrons. The van der Waals surface area contributed by atoms with Crippen molar-refractivity contribution in [2.24, 2.45) is 7.05 Å². The molecule has 0 aliphatic carbocycles. The van der Waals surface area contributed by atoms with Gasteiger partial charge in [-0.05, 0) is 12.1 Å². The zero-order valence-electron chi connectivity index (χ0n) is 11.6. The molecule has 0 unspecified atom stereocenters. The van der Waals surface area contributed by atoms with Crippen molar-refractivity contribution in [2.45, 2.75) is 6.54 Å². The number of furan rings is 1. The number of hydrogen-bond donors (Lipinski definition) is 0. The van der Waals surface area contributed by atoms with Gasteiger partial charge in [0.1, 0.15) is 18.0 Å². The van der Waals surface area contributed by atoms with E-state index in [-0.39, 0.29) is 5.69 Å². The highest BCUT2D eigenvalue weighted by molar-refractivity contribution is 5.93. The molecular weight excluding hydrogens is 274 g/mol. The maximum absolute atomic E-state index is 11.8. The fourth-order valence-corrected chi connectivity index (χ4v) is 2.04. The van der Waals surface area contributed by atoms with E-state index < -0.39 is 5.97 Å². The number of ether oxygens (including phenoxy) is 1. The lowest BCUT2D eigenvalue weighted by atomic mass is 10.2. The molecule has 0 aliphatic rings. The van der Waals surface area contributed by atoms with Gasteiger partial charge < -0.3 is 9.15 Å². The second kappa shape index (κ2) is 5.23. The van der Waals surface area contributed by atoms with Crippen LogP contribution in [0.25, 0.3) is 11.3 Å². The van der Waals surface area contributed by atoms with E-state index in [1.165, 1.54) is 7.11 Å². The van der Waals surface area contributed by atoms with Gasteiger partial charge in [-0.25, -0.2) is 9.48 Å². The lowest BCUT2D eigenvalue weighted by Crippen LogP contribution is -2.07. The lowest BCUT2D eigenvalue weighted by molar-refractivity contribution is 0.0595. The van der Waals surface area contributed by atoms with Crippen molar-refractivity contribution >= 4 is 5.97 Å². The summed E-state index contributed by atoms with van der Waals surface area (Å²) in [6.45, 7) is 0.362. The van der Waals surface area contributed by atoms with E-state index in [1.807, 2.05) is 6.07 Å². The van der Waals surface area contributed by atoms with Crippen LogP contribution in [0, 0.1) is 0 Å². The number of aryl methyl sites for hydroxylation is 1. The third-order valence-corrected chi connectivity index (χ3v) is 2.98. The first kappa shape index (κ1) is 13.1. The average molecular weight is 287 g/mol. The van der Waals surface area contributed by atoms with Crippen molar-refractivity contribution < 1.29 is 13.9 Å². The maximum atomic E-state index is 11.8. The largest absolute Gasteiger partial charge is 0.467 e. The van der Waals surface area contributed by atoms with E-state index in [1.54, 1.807) is 41.1 Å². The van der Waals surface area contributed by atoms with Crippen molar-refractivity contribution in [1.29, 1.82) is 0 Å². The molecule has 0 saturated carbocycles. The molecule has 3 aromatic rings. The smallest absolute Gasteiger partial charge is 0.360 e. The van der Waals surface area contributed by atoms with Gasteiger partial charge in [0.05, 0.1) is 19.6 Å². The Morgan fingerprint density at radius 1 is 1.48 bits per heavy atom. The average Bonchev–Trinajstić information content (AvgIpc) is 3.19. The minimum Gasteiger partial charge on any atom is -0.467 e. The van der Waals surface area contributed by atoms with Gasteiger partial charge in [0.2, 0.25) is 0 Å². The van der Waals surface area contributed by atoms with Crippen LogP contribution in [0.3, 0.4) is 0 Å². The maximum Gasteiger partial charge on any atom is 0.360 e. The van der Waals surface area contributed by atoms with E-state index in [9.17, 15) is 4.79 Å². The molecule has 0 N–H and O–H groups in total. The number of carbonyl (C=O) groups is 1. The van der Waals surface area contributed by atoms with Gasteiger partial charge in [0, 0.05) is 18.8 Å². The van der Waals surface area contributed by atoms with E-state index in [2.05, 4.69) is 15.4 Å². The number of nitrogens with zero attached hydrogens (tertiary/aromatic N) is 5. The van der Waals surface area contributed by atoms with Gasteiger partial charge in [-0.1, -0.05) is 5.21 Å². The molecule has 0 fully saturated rings. The molecule has 8 heteroatoms. The minimum absolute atomic E-state index is 0.150. The Kier molecular flexibility index (Phi) is 3.27. The van der Waals surface area contributed by atoms with Gasteiger partial charge in [-0.15, -0.1) is 5.10 Å². The normalized spacial score (nSPS) is 10.8. The first-order valence-corrected chi connectivity index (χ1v) is 6.22. The lowest BCUT2D eigenvalue weighted by Gasteiger charge is -2.04. The van der Waals surface area contributed by atoms with Gasteiger partial charge in [0.15, 0.2) is 5.69 Å². The quantitative estimate of drug-likeness (QED) is 0.668. The zero-order valence-corrected chi connectivity index (χ0v) is 11.6. The Morgan fingerprint density at radius 3 is 2.95 bits per heavy atom. The molecule has 3 aromatic heterocycles. The third-order valence-electron chi connectivity index (χ3n) is 2.98. The highest BCUT2D eigenvalue weighted by Gasteiger charge is 2.23. The van der Waals surface area contributed by atoms with Crippen molar-refractivity contribution in [3.63, 3.8) is 0 Å². The summed E-state index contributed by atoms with van der Waals surface area (Å²) in [6.07, 6.45) is 5.00. The van der Waals surface area contributed by atoms with Gasteiger partial charge >= 0.3 is 5.97 Å². The predicted octanol–water partition coefficient (Wildman–Crippen LogP) is 1.11. The van der Waals surface area contributed by atoms with E-state index >= 15 is 0 Å². The van der Waals surface area contributed by atoms with Crippen molar-refractivity contribution in [3.8, 4) is 11.3 Å². The van der Waals surface area contributed by atoms with Crippen LogP contribution in [0.1, 0.15) is 16.2 Å². The second-order valence-corrected chi connectivity index (χ2v) is 4.42.